The second kappa shape index (κ2) is 7.82. The summed E-state index contributed by atoms with van der Waals surface area (Å²) in [6, 6.07) is 4.49. The molecule has 0 spiro atoms. The molecule has 1 heterocycles. The maximum absolute atomic E-state index is 10.5. The van der Waals surface area contributed by atoms with Crippen LogP contribution in [-0.2, 0) is 11.2 Å². The SMILES string of the molecule is CC(C)N(CCCC(=O)O)CCc1ccncc1. The average Bonchev–Trinajstić information content (AvgIpc) is 2.34. The summed E-state index contributed by atoms with van der Waals surface area (Å²) in [6.45, 7) is 6.09. The quantitative estimate of drug-likeness (QED) is 0.768. The van der Waals surface area contributed by atoms with Crippen molar-refractivity contribution in [2.24, 2.45) is 0 Å². The zero-order valence-corrected chi connectivity index (χ0v) is 11.2. The number of pyridine rings is 1. The van der Waals surface area contributed by atoms with Gasteiger partial charge >= 0.3 is 5.97 Å². The molecule has 1 rings (SSSR count). The standard InChI is InChI=1S/C14H22N2O2/c1-12(2)16(10-3-4-14(17)18)11-7-13-5-8-15-9-6-13/h5-6,8-9,12H,3-4,7,10-11H2,1-2H3,(H,17,18). The lowest BCUT2D eigenvalue weighted by Gasteiger charge is -2.26. The molecule has 0 aliphatic heterocycles. The van der Waals surface area contributed by atoms with Gasteiger partial charge in [0.15, 0.2) is 0 Å². The minimum Gasteiger partial charge on any atom is -0.481 e. The molecule has 0 fully saturated rings. The number of carboxylic acid groups (broad SMARTS) is 1. The number of nitrogens with zero attached hydrogens (tertiary/aromatic N) is 2. The molecular formula is C14H22N2O2. The van der Waals surface area contributed by atoms with Crippen molar-refractivity contribution in [2.75, 3.05) is 13.1 Å². The van der Waals surface area contributed by atoms with E-state index in [1.54, 1.807) is 12.4 Å². The first-order chi connectivity index (χ1) is 8.59. The molecule has 4 nitrogen and oxygen atoms in total. The molecule has 1 aromatic heterocycles. The molecule has 4 heteroatoms. The number of aliphatic carboxylic acids is 1. The van der Waals surface area contributed by atoms with E-state index in [0.29, 0.717) is 12.5 Å². The first-order valence-electron chi connectivity index (χ1n) is 6.44. The van der Waals surface area contributed by atoms with Gasteiger partial charge < -0.3 is 10.0 Å². The Morgan fingerprint density at radius 1 is 1.33 bits per heavy atom. The highest BCUT2D eigenvalue weighted by molar-refractivity contribution is 5.66. The molecule has 1 N–H and O–H groups in total. The van der Waals surface area contributed by atoms with Crippen LogP contribution in [0, 0.1) is 0 Å². The largest absolute Gasteiger partial charge is 0.481 e. The maximum Gasteiger partial charge on any atom is 0.303 e. The Morgan fingerprint density at radius 3 is 2.56 bits per heavy atom. The van der Waals surface area contributed by atoms with E-state index in [4.69, 9.17) is 5.11 Å². The predicted octanol–water partition coefficient (Wildman–Crippen LogP) is 2.20. The molecule has 0 bridgehead atoms. The average molecular weight is 250 g/mol. The fourth-order valence-electron chi connectivity index (χ4n) is 1.88. The van der Waals surface area contributed by atoms with Crippen LogP contribution < -0.4 is 0 Å². The summed E-state index contributed by atoms with van der Waals surface area (Å²) < 4.78 is 0. The van der Waals surface area contributed by atoms with E-state index in [1.807, 2.05) is 12.1 Å². The van der Waals surface area contributed by atoms with Crippen LogP contribution in [0.5, 0.6) is 0 Å². The van der Waals surface area contributed by atoms with Gasteiger partial charge in [-0.15, -0.1) is 0 Å². The molecule has 0 atom stereocenters. The van der Waals surface area contributed by atoms with Crippen LogP contribution in [0.3, 0.4) is 0 Å². The molecule has 0 saturated carbocycles. The molecule has 0 unspecified atom stereocenters. The van der Waals surface area contributed by atoms with E-state index in [9.17, 15) is 4.79 Å². The molecule has 0 radical (unpaired) electrons. The minimum atomic E-state index is -0.715. The van der Waals surface area contributed by atoms with Crippen LogP contribution in [-0.4, -0.2) is 40.1 Å². The monoisotopic (exact) mass is 250 g/mol. The molecule has 0 saturated heterocycles. The van der Waals surface area contributed by atoms with Crippen molar-refractivity contribution in [1.29, 1.82) is 0 Å². The smallest absolute Gasteiger partial charge is 0.303 e. The molecule has 0 aliphatic rings. The Kier molecular flexibility index (Phi) is 6.36. The third kappa shape index (κ3) is 5.77. The van der Waals surface area contributed by atoms with Crippen molar-refractivity contribution in [3.05, 3.63) is 30.1 Å². The summed E-state index contributed by atoms with van der Waals surface area (Å²) in [5.41, 5.74) is 1.27. The Hall–Kier alpha value is -1.42. The Balaban J connectivity index is 2.36. The van der Waals surface area contributed by atoms with Gasteiger partial charge in [-0.05, 0) is 50.9 Å². The number of rotatable bonds is 8. The number of hydrogen-bond donors (Lipinski definition) is 1. The molecule has 1 aromatic rings. The van der Waals surface area contributed by atoms with Gasteiger partial charge in [0, 0.05) is 31.4 Å². The summed E-state index contributed by atoms with van der Waals surface area (Å²) in [4.78, 5) is 16.8. The minimum absolute atomic E-state index is 0.248. The highest BCUT2D eigenvalue weighted by Crippen LogP contribution is 2.05. The van der Waals surface area contributed by atoms with Crippen molar-refractivity contribution in [3.63, 3.8) is 0 Å². The number of carbonyl (C=O) groups is 1. The molecule has 0 aliphatic carbocycles. The lowest BCUT2D eigenvalue weighted by atomic mass is 10.1. The number of hydrogen-bond acceptors (Lipinski definition) is 3. The van der Waals surface area contributed by atoms with Crippen molar-refractivity contribution < 1.29 is 9.90 Å². The summed E-state index contributed by atoms with van der Waals surface area (Å²) >= 11 is 0. The molecule has 18 heavy (non-hydrogen) atoms. The Bertz CT molecular complexity index is 352. The Morgan fingerprint density at radius 2 is 2.00 bits per heavy atom. The van der Waals surface area contributed by atoms with Crippen LogP contribution in [0.2, 0.25) is 0 Å². The number of aromatic nitrogens is 1. The van der Waals surface area contributed by atoms with Crippen molar-refractivity contribution >= 4 is 5.97 Å². The third-order valence-electron chi connectivity index (χ3n) is 3.00. The highest BCUT2D eigenvalue weighted by Gasteiger charge is 2.10. The van der Waals surface area contributed by atoms with Crippen LogP contribution in [0.25, 0.3) is 0 Å². The van der Waals surface area contributed by atoms with Crippen LogP contribution in [0.1, 0.15) is 32.3 Å². The first kappa shape index (κ1) is 14.6. The lowest BCUT2D eigenvalue weighted by Crippen LogP contribution is -2.34. The first-order valence-corrected chi connectivity index (χ1v) is 6.44. The van der Waals surface area contributed by atoms with Gasteiger partial charge in [-0.3, -0.25) is 9.78 Å². The van der Waals surface area contributed by atoms with Gasteiger partial charge in [-0.1, -0.05) is 0 Å². The van der Waals surface area contributed by atoms with Crippen LogP contribution in [0.15, 0.2) is 24.5 Å². The van der Waals surface area contributed by atoms with E-state index in [-0.39, 0.29) is 6.42 Å². The normalized spacial score (nSPS) is 11.1. The van der Waals surface area contributed by atoms with Gasteiger partial charge in [0.05, 0.1) is 0 Å². The topological polar surface area (TPSA) is 53.4 Å². The van der Waals surface area contributed by atoms with Crippen molar-refractivity contribution in [2.45, 2.75) is 39.2 Å². The fourth-order valence-corrected chi connectivity index (χ4v) is 1.88. The van der Waals surface area contributed by atoms with Crippen molar-refractivity contribution in [3.8, 4) is 0 Å². The van der Waals surface area contributed by atoms with E-state index in [0.717, 1.165) is 19.5 Å². The van der Waals surface area contributed by atoms with Gasteiger partial charge in [-0.2, -0.15) is 0 Å². The van der Waals surface area contributed by atoms with Crippen molar-refractivity contribution in [1.82, 2.24) is 9.88 Å². The fraction of sp³-hybridized carbons (Fsp3) is 0.571. The van der Waals surface area contributed by atoms with E-state index in [1.165, 1.54) is 5.56 Å². The van der Waals surface area contributed by atoms with E-state index in [2.05, 4.69) is 23.7 Å². The van der Waals surface area contributed by atoms with E-state index >= 15 is 0 Å². The second-order valence-electron chi connectivity index (χ2n) is 4.73. The maximum atomic E-state index is 10.5. The van der Waals surface area contributed by atoms with Crippen LogP contribution >= 0.6 is 0 Å². The summed E-state index contributed by atoms with van der Waals surface area (Å²) in [5.74, 6) is -0.715. The summed E-state index contributed by atoms with van der Waals surface area (Å²) in [7, 11) is 0. The van der Waals surface area contributed by atoms with Gasteiger partial charge in [-0.25, -0.2) is 0 Å². The highest BCUT2D eigenvalue weighted by atomic mass is 16.4. The third-order valence-corrected chi connectivity index (χ3v) is 3.00. The molecule has 100 valence electrons. The number of carboxylic acids is 1. The predicted molar refractivity (Wildman–Crippen MR) is 71.5 cm³/mol. The van der Waals surface area contributed by atoms with Gasteiger partial charge in [0.1, 0.15) is 0 Å². The zero-order chi connectivity index (χ0) is 13.4. The molecule has 0 amide bonds. The molecular weight excluding hydrogens is 228 g/mol. The second-order valence-corrected chi connectivity index (χ2v) is 4.73. The molecule has 0 aromatic carbocycles. The Labute approximate surface area is 109 Å². The van der Waals surface area contributed by atoms with Crippen LogP contribution in [0.4, 0.5) is 0 Å². The summed E-state index contributed by atoms with van der Waals surface area (Å²) in [5, 5.41) is 8.65. The lowest BCUT2D eigenvalue weighted by molar-refractivity contribution is -0.137. The van der Waals surface area contributed by atoms with Gasteiger partial charge in [0.25, 0.3) is 0 Å². The van der Waals surface area contributed by atoms with E-state index < -0.39 is 5.97 Å². The van der Waals surface area contributed by atoms with Gasteiger partial charge in [0.2, 0.25) is 0 Å². The zero-order valence-electron chi connectivity index (χ0n) is 11.2. The summed E-state index contributed by atoms with van der Waals surface area (Å²) in [6.07, 6.45) is 5.55.